The molecule has 6 nitrogen and oxygen atoms in total. The highest BCUT2D eigenvalue weighted by Crippen LogP contribution is 2.34. The average molecular weight is 429 g/mol. The maximum atomic E-state index is 14.2. The molecule has 4 heterocycles. The molecule has 0 bridgehead atoms. The van der Waals surface area contributed by atoms with E-state index in [0.717, 1.165) is 22.5 Å². The first-order valence-corrected chi connectivity index (χ1v) is 10.7. The third-order valence-electron chi connectivity index (χ3n) is 6.02. The summed E-state index contributed by atoms with van der Waals surface area (Å²) in [6.45, 7) is 7.23. The molecule has 0 spiro atoms. The zero-order chi connectivity index (χ0) is 22.4. The van der Waals surface area contributed by atoms with Gasteiger partial charge in [0.1, 0.15) is 5.82 Å². The Morgan fingerprint density at radius 2 is 1.88 bits per heavy atom. The molecule has 2 unspecified atom stereocenters. The molecule has 32 heavy (non-hydrogen) atoms. The van der Waals surface area contributed by atoms with E-state index in [2.05, 4.69) is 20.3 Å². The van der Waals surface area contributed by atoms with E-state index in [1.165, 1.54) is 12.1 Å². The minimum Gasteiger partial charge on any atom is -0.316 e. The Morgan fingerprint density at radius 3 is 2.59 bits per heavy atom. The van der Waals surface area contributed by atoms with Gasteiger partial charge in [-0.2, -0.15) is 0 Å². The Labute approximate surface area is 186 Å². The molecule has 1 fully saturated rings. The maximum absolute atomic E-state index is 14.2. The molecule has 0 radical (unpaired) electrons. The van der Waals surface area contributed by atoms with Crippen LogP contribution in [0.4, 0.5) is 10.3 Å². The third-order valence-corrected chi connectivity index (χ3v) is 6.02. The molecule has 162 valence electrons. The molecular formula is C25H24FN5O. The zero-order valence-electron chi connectivity index (χ0n) is 18.3. The van der Waals surface area contributed by atoms with Gasteiger partial charge in [0, 0.05) is 53.9 Å². The lowest BCUT2D eigenvalue weighted by Crippen LogP contribution is -2.33. The number of halogens is 1. The molecular weight excluding hydrogens is 405 g/mol. The predicted octanol–water partition coefficient (Wildman–Crippen LogP) is 3.78. The molecule has 2 aromatic heterocycles. The normalized spacial score (nSPS) is 19.8. The summed E-state index contributed by atoms with van der Waals surface area (Å²) in [5, 5.41) is 3.33. The number of Topliss-reactive ketones (excluding diaryl/α,β-unsaturated/α-hetero) is 1. The van der Waals surface area contributed by atoms with E-state index in [1.54, 1.807) is 12.3 Å². The molecule has 0 saturated carbocycles. The third kappa shape index (κ3) is 3.69. The lowest BCUT2D eigenvalue weighted by molar-refractivity contribution is 0.0966. The number of nitrogens with one attached hydrogen (secondary N) is 1. The monoisotopic (exact) mass is 429 g/mol. The molecule has 1 N–H and O–H groups in total. The lowest BCUT2D eigenvalue weighted by atomic mass is 9.91. The number of carbonyl (C=O) groups is 1. The van der Waals surface area contributed by atoms with Gasteiger partial charge in [0.2, 0.25) is 5.95 Å². The number of ketones is 1. The summed E-state index contributed by atoms with van der Waals surface area (Å²) in [4.78, 5) is 29.2. The van der Waals surface area contributed by atoms with E-state index >= 15 is 0 Å². The van der Waals surface area contributed by atoms with Crippen molar-refractivity contribution in [3.63, 3.8) is 0 Å². The zero-order valence-corrected chi connectivity index (χ0v) is 18.3. The van der Waals surface area contributed by atoms with Crippen LogP contribution in [-0.4, -0.2) is 39.9 Å². The van der Waals surface area contributed by atoms with Crippen molar-refractivity contribution in [3.05, 3.63) is 82.7 Å². The number of pyridine rings is 1. The molecule has 0 amide bonds. The van der Waals surface area contributed by atoms with Crippen molar-refractivity contribution in [2.24, 2.45) is 5.92 Å². The van der Waals surface area contributed by atoms with Crippen molar-refractivity contribution in [2.75, 3.05) is 18.0 Å². The Morgan fingerprint density at radius 1 is 1.09 bits per heavy atom. The summed E-state index contributed by atoms with van der Waals surface area (Å²) < 4.78 is 14.2. The van der Waals surface area contributed by atoms with Crippen LogP contribution in [0.15, 0.2) is 54.4 Å². The fourth-order valence-electron chi connectivity index (χ4n) is 4.50. The minimum atomic E-state index is -0.512. The maximum Gasteiger partial charge on any atom is 0.229 e. The van der Waals surface area contributed by atoms with Gasteiger partial charge in [-0.3, -0.25) is 9.78 Å². The number of nitrogens with zero attached hydrogens (tertiary/aromatic N) is 4. The van der Waals surface area contributed by atoms with E-state index < -0.39 is 11.9 Å². The van der Waals surface area contributed by atoms with Crippen molar-refractivity contribution in [2.45, 2.75) is 26.8 Å². The van der Waals surface area contributed by atoms with Gasteiger partial charge in [0.15, 0.2) is 5.78 Å². The fourth-order valence-corrected chi connectivity index (χ4v) is 4.50. The molecule has 0 aliphatic carbocycles. The van der Waals surface area contributed by atoms with Gasteiger partial charge in [-0.1, -0.05) is 6.07 Å². The summed E-state index contributed by atoms with van der Waals surface area (Å²) >= 11 is 0. The van der Waals surface area contributed by atoms with Gasteiger partial charge in [-0.25, -0.2) is 14.4 Å². The second-order valence-electron chi connectivity index (χ2n) is 8.55. The predicted molar refractivity (Wildman–Crippen MR) is 121 cm³/mol. The largest absolute Gasteiger partial charge is 0.316 e. The number of aryl methyl sites for hydroxylation is 3. The SMILES string of the molecule is Cc1ccc(-c2ccc(F)cc2C(=O)C2NCC3CN(c4nc(C)cc(C)n4)C=C32)nc1. The highest BCUT2D eigenvalue weighted by molar-refractivity contribution is 6.07. The summed E-state index contributed by atoms with van der Waals surface area (Å²) in [5.41, 5.74) is 5.45. The Bertz CT molecular complexity index is 1220. The van der Waals surface area contributed by atoms with Crippen LogP contribution < -0.4 is 10.2 Å². The number of carbonyl (C=O) groups excluding carboxylic acids is 1. The van der Waals surface area contributed by atoms with Crippen LogP contribution in [0.25, 0.3) is 11.3 Å². The molecule has 7 heteroatoms. The number of hydrogen-bond acceptors (Lipinski definition) is 6. The summed E-state index contributed by atoms with van der Waals surface area (Å²) in [5.74, 6) is 0.233. The van der Waals surface area contributed by atoms with Gasteiger partial charge in [-0.15, -0.1) is 0 Å². The summed E-state index contributed by atoms with van der Waals surface area (Å²) in [6, 6.07) is 9.53. The van der Waals surface area contributed by atoms with Crippen LogP contribution in [0.3, 0.4) is 0 Å². The lowest BCUT2D eigenvalue weighted by Gasteiger charge is -2.17. The van der Waals surface area contributed by atoms with Gasteiger partial charge in [-0.05, 0) is 62.2 Å². The average Bonchev–Trinajstić information content (AvgIpc) is 3.34. The van der Waals surface area contributed by atoms with E-state index in [9.17, 15) is 9.18 Å². The van der Waals surface area contributed by atoms with Gasteiger partial charge >= 0.3 is 0 Å². The quantitative estimate of drug-likeness (QED) is 0.637. The number of fused-ring (bicyclic) bond motifs is 1. The molecule has 2 aliphatic rings. The summed E-state index contributed by atoms with van der Waals surface area (Å²) in [6.07, 6.45) is 3.72. The van der Waals surface area contributed by atoms with E-state index in [1.807, 2.05) is 50.1 Å². The standard InChI is InChI=1S/C25H24FN5O/c1-14-4-7-22(27-10-14)19-6-5-18(26)9-20(19)24(32)23-21-13-31(12-17(21)11-28-23)25-29-15(2)8-16(3)30-25/h4-10,13,17,23,28H,11-12H2,1-3H3. The molecule has 2 aliphatic heterocycles. The first-order valence-electron chi connectivity index (χ1n) is 10.7. The Hall–Kier alpha value is -3.45. The molecule has 2 atom stereocenters. The van der Waals surface area contributed by atoms with Crippen molar-refractivity contribution >= 4 is 11.7 Å². The molecule has 1 saturated heterocycles. The van der Waals surface area contributed by atoms with Crippen LogP contribution in [0, 0.1) is 32.5 Å². The van der Waals surface area contributed by atoms with E-state index in [0.29, 0.717) is 35.9 Å². The number of rotatable bonds is 4. The second-order valence-corrected chi connectivity index (χ2v) is 8.55. The van der Waals surface area contributed by atoms with Crippen LogP contribution in [0.2, 0.25) is 0 Å². The Kier molecular flexibility index (Phi) is 5.06. The number of anilines is 1. The molecule has 5 rings (SSSR count). The molecule has 3 aromatic rings. The van der Waals surface area contributed by atoms with Crippen molar-refractivity contribution in [3.8, 4) is 11.3 Å². The van der Waals surface area contributed by atoms with Crippen molar-refractivity contribution in [1.82, 2.24) is 20.3 Å². The first kappa shape index (κ1) is 20.5. The minimum absolute atomic E-state index is 0.154. The molecule has 1 aromatic carbocycles. The van der Waals surface area contributed by atoms with Crippen LogP contribution in [-0.2, 0) is 0 Å². The highest BCUT2D eigenvalue weighted by atomic mass is 19.1. The fraction of sp³-hybridized carbons (Fsp3) is 0.280. The Balaban J connectivity index is 1.49. The van der Waals surface area contributed by atoms with Gasteiger partial charge < -0.3 is 10.2 Å². The van der Waals surface area contributed by atoms with Crippen LogP contribution in [0.1, 0.15) is 27.3 Å². The van der Waals surface area contributed by atoms with E-state index in [4.69, 9.17) is 0 Å². The number of benzene rings is 1. The van der Waals surface area contributed by atoms with Gasteiger partial charge in [0.25, 0.3) is 0 Å². The number of aromatic nitrogens is 3. The highest BCUT2D eigenvalue weighted by Gasteiger charge is 2.41. The first-order chi connectivity index (χ1) is 15.4. The topological polar surface area (TPSA) is 71.0 Å². The van der Waals surface area contributed by atoms with Crippen LogP contribution >= 0.6 is 0 Å². The summed E-state index contributed by atoms with van der Waals surface area (Å²) in [7, 11) is 0. The van der Waals surface area contributed by atoms with Crippen molar-refractivity contribution in [1.29, 1.82) is 0 Å². The van der Waals surface area contributed by atoms with E-state index in [-0.39, 0.29) is 11.7 Å². The smallest absolute Gasteiger partial charge is 0.229 e. The van der Waals surface area contributed by atoms with Crippen molar-refractivity contribution < 1.29 is 9.18 Å². The number of hydrogen-bond donors (Lipinski definition) is 1. The second kappa shape index (κ2) is 7.91. The van der Waals surface area contributed by atoms with Gasteiger partial charge in [0.05, 0.1) is 11.7 Å². The van der Waals surface area contributed by atoms with Crippen LogP contribution in [0.5, 0.6) is 0 Å².